The van der Waals surface area contributed by atoms with Gasteiger partial charge in [0.2, 0.25) is 0 Å². The highest BCUT2D eigenvalue weighted by Gasteiger charge is 2.03. The zero-order valence-corrected chi connectivity index (χ0v) is 8.46. The van der Waals surface area contributed by atoms with Gasteiger partial charge >= 0.3 is 0 Å². The highest BCUT2D eigenvalue weighted by atomic mass is 16.3. The molecule has 15 heavy (non-hydrogen) atoms. The normalized spacial score (nSPS) is 12.4. The summed E-state index contributed by atoms with van der Waals surface area (Å²) in [6.45, 7) is 1.70. The minimum Gasteiger partial charge on any atom is -0.389 e. The lowest BCUT2D eigenvalue weighted by atomic mass is 10.2. The van der Waals surface area contributed by atoms with Crippen molar-refractivity contribution in [3.05, 3.63) is 48.3 Å². The van der Waals surface area contributed by atoms with E-state index in [2.05, 4.69) is 9.97 Å². The van der Waals surface area contributed by atoms with Crippen LogP contribution in [0.3, 0.4) is 0 Å². The van der Waals surface area contributed by atoms with Crippen molar-refractivity contribution in [1.29, 1.82) is 0 Å². The molecule has 1 aromatic carbocycles. The van der Waals surface area contributed by atoms with E-state index in [1.54, 1.807) is 19.3 Å². The zero-order valence-electron chi connectivity index (χ0n) is 8.46. The molecule has 3 nitrogen and oxygen atoms in total. The van der Waals surface area contributed by atoms with Crippen LogP contribution in [0.1, 0.15) is 18.6 Å². The summed E-state index contributed by atoms with van der Waals surface area (Å²) in [6, 6.07) is 9.75. The van der Waals surface area contributed by atoms with Gasteiger partial charge in [0.1, 0.15) is 0 Å². The maximum atomic E-state index is 9.31. The Bertz CT molecular complexity index is 423. The summed E-state index contributed by atoms with van der Waals surface area (Å²) in [6.07, 6.45) is 2.79. The van der Waals surface area contributed by atoms with Crippen LogP contribution >= 0.6 is 0 Å². The van der Waals surface area contributed by atoms with Crippen molar-refractivity contribution < 1.29 is 5.11 Å². The predicted octanol–water partition coefficient (Wildman–Crippen LogP) is 2.20. The Kier molecular flexibility index (Phi) is 2.74. The van der Waals surface area contributed by atoms with Crippen LogP contribution < -0.4 is 0 Å². The van der Waals surface area contributed by atoms with Crippen LogP contribution in [-0.4, -0.2) is 15.1 Å². The average molecular weight is 200 g/mol. The quantitative estimate of drug-likeness (QED) is 0.808. The Morgan fingerprint density at radius 2 is 1.67 bits per heavy atom. The Morgan fingerprint density at radius 3 is 2.20 bits per heavy atom. The lowest BCUT2D eigenvalue weighted by Gasteiger charge is -2.04. The van der Waals surface area contributed by atoms with Crippen molar-refractivity contribution in [2.24, 2.45) is 0 Å². The van der Waals surface area contributed by atoms with E-state index in [1.807, 2.05) is 30.3 Å². The van der Waals surface area contributed by atoms with Crippen LogP contribution in [0.15, 0.2) is 42.7 Å². The first kappa shape index (κ1) is 9.80. The number of hydrogen-bond acceptors (Lipinski definition) is 3. The monoisotopic (exact) mass is 200 g/mol. The first-order valence-corrected chi connectivity index (χ1v) is 4.83. The Hall–Kier alpha value is -1.74. The first-order valence-electron chi connectivity index (χ1n) is 4.83. The molecular formula is C12H12N2O. The summed E-state index contributed by atoms with van der Waals surface area (Å²) in [5, 5.41) is 9.31. The minimum atomic E-state index is -0.519. The van der Waals surface area contributed by atoms with Crippen molar-refractivity contribution in [3.8, 4) is 11.4 Å². The second-order valence-electron chi connectivity index (χ2n) is 3.38. The number of aliphatic hydroxyl groups excluding tert-OH is 1. The van der Waals surface area contributed by atoms with Crippen LogP contribution in [0.25, 0.3) is 11.4 Å². The molecule has 0 saturated heterocycles. The molecule has 0 fully saturated rings. The molecule has 1 atom stereocenters. The molecule has 0 aliphatic heterocycles. The third kappa shape index (κ3) is 2.19. The lowest BCUT2D eigenvalue weighted by Crippen LogP contribution is -1.95. The van der Waals surface area contributed by atoms with Gasteiger partial charge in [-0.3, -0.25) is 0 Å². The van der Waals surface area contributed by atoms with E-state index in [-0.39, 0.29) is 0 Å². The van der Waals surface area contributed by atoms with E-state index in [0.717, 1.165) is 11.1 Å². The van der Waals surface area contributed by atoms with Crippen molar-refractivity contribution >= 4 is 0 Å². The summed E-state index contributed by atoms with van der Waals surface area (Å²) in [4.78, 5) is 8.40. The van der Waals surface area contributed by atoms with Crippen LogP contribution in [0.2, 0.25) is 0 Å². The number of aromatic nitrogens is 2. The van der Waals surface area contributed by atoms with Gasteiger partial charge in [0, 0.05) is 23.5 Å². The van der Waals surface area contributed by atoms with Gasteiger partial charge in [0.15, 0.2) is 5.82 Å². The van der Waals surface area contributed by atoms with E-state index in [9.17, 15) is 5.11 Å². The second kappa shape index (κ2) is 4.19. The molecule has 2 rings (SSSR count). The fourth-order valence-electron chi connectivity index (χ4n) is 1.29. The molecule has 1 unspecified atom stereocenters. The molecule has 76 valence electrons. The molecule has 1 aromatic heterocycles. The molecule has 0 aliphatic carbocycles. The number of benzene rings is 1. The number of aliphatic hydroxyl groups is 1. The first-order chi connectivity index (χ1) is 7.27. The molecule has 0 saturated carbocycles. The van der Waals surface area contributed by atoms with Crippen molar-refractivity contribution in [2.45, 2.75) is 13.0 Å². The SMILES string of the molecule is CC(O)c1cnc(-c2ccccc2)nc1. The Labute approximate surface area is 88.5 Å². The van der Waals surface area contributed by atoms with E-state index < -0.39 is 6.10 Å². The van der Waals surface area contributed by atoms with Gasteiger partial charge in [0.25, 0.3) is 0 Å². The smallest absolute Gasteiger partial charge is 0.159 e. The van der Waals surface area contributed by atoms with E-state index in [0.29, 0.717) is 5.82 Å². The number of rotatable bonds is 2. The van der Waals surface area contributed by atoms with Crippen LogP contribution in [0.4, 0.5) is 0 Å². The number of nitrogens with zero attached hydrogens (tertiary/aromatic N) is 2. The summed E-state index contributed by atoms with van der Waals surface area (Å²) in [5.74, 6) is 0.681. The molecule has 0 amide bonds. The predicted molar refractivity (Wildman–Crippen MR) is 58.1 cm³/mol. The third-order valence-corrected chi connectivity index (χ3v) is 2.19. The fourth-order valence-corrected chi connectivity index (χ4v) is 1.29. The van der Waals surface area contributed by atoms with Crippen molar-refractivity contribution in [3.63, 3.8) is 0 Å². The molecule has 3 heteroatoms. The maximum absolute atomic E-state index is 9.31. The summed E-state index contributed by atoms with van der Waals surface area (Å²) < 4.78 is 0. The topological polar surface area (TPSA) is 46.0 Å². The van der Waals surface area contributed by atoms with Gasteiger partial charge in [-0.2, -0.15) is 0 Å². The van der Waals surface area contributed by atoms with Crippen LogP contribution in [-0.2, 0) is 0 Å². The standard InChI is InChI=1S/C12H12N2O/c1-9(15)11-7-13-12(14-8-11)10-5-3-2-4-6-10/h2-9,15H,1H3. The second-order valence-corrected chi connectivity index (χ2v) is 3.38. The van der Waals surface area contributed by atoms with E-state index in [4.69, 9.17) is 0 Å². The van der Waals surface area contributed by atoms with Gasteiger partial charge in [-0.05, 0) is 6.92 Å². The molecule has 0 bridgehead atoms. The zero-order chi connectivity index (χ0) is 10.7. The molecule has 2 aromatic rings. The van der Waals surface area contributed by atoms with E-state index >= 15 is 0 Å². The van der Waals surface area contributed by atoms with Crippen molar-refractivity contribution in [1.82, 2.24) is 9.97 Å². The fraction of sp³-hybridized carbons (Fsp3) is 0.167. The Morgan fingerprint density at radius 1 is 1.07 bits per heavy atom. The summed E-state index contributed by atoms with van der Waals surface area (Å²) in [7, 11) is 0. The van der Waals surface area contributed by atoms with Gasteiger partial charge in [-0.15, -0.1) is 0 Å². The van der Waals surface area contributed by atoms with Crippen LogP contribution in [0.5, 0.6) is 0 Å². The molecule has 1 N–H and O–H groups in total. The summed E-state index contributed by atoms with van der Waals surface area (Å²) in [5.41, 5.74) is 1.71. The average Bonchev–Trinajstić information content (AvgIpc) is 2.30. The minimum absolute atomic E-state index is 0.519. The number of hydrogen-bond donors (Lipinski definition) is 1. The van der Waals surface area contributed by atoms with E-state index in [1.165, 1.54) is 0 Å². The Balaban J connectivity index is 2.32. The molecule has 0 spiro atoms. The third-order valence-electron chi connectivity index (χ3n) is 2.19. The van der Waals surface area contributed by atoms with Gasteiger partial charge in [-0.25, -0.2) is 9.97 Å². The highest BCUT2D eigenvalue weighted by Crippen LogP contribution is 2.15. The summed E-state index contributed by atoms with van der Waals surface area (Å²) >= 11 is 0. The molecule has 0 aliphatic rings. The molecule has 0 radical (unpaired) electrons. The molecule has 1 heterocycles. The van der Waals surface area contributed by atoms with Gasteiger partial charge in [0.05, 0.1) is 6.10 Å². The van der Waals surface area contributed by atoms with Crippen molar-refractivity contribution in [2.75, 3.05) is 0 Å². The van der Waals surface area contributed by atoms with Gasteiger partial charge in [-0.1, -0.05) is 30.3 Å². The largest absolute Gasteiger partial charge is 0.389 e. The highest BCUT2D eigenvalue weighted by molar-refractivity contribution is 5.53. The molecular weight excluding hydrogens is 188 g/mol. The maximum Gasteiger partial charge on any atom is 0.159 e. The van der Waals surface area contributed by atoms with Crippen LogP contribution in [0, 0.1) is 0 Å². The lowest BCUT2D eigenvalue weighted by molar-refractivity contribution is 0.198. The van der Waals surface area contributed by atoms with Gasteiger partial charge < -0.3 is 5.11 Å².